The molecule has 0 bridgehead atoms. The fraction of sp³-hybridized carbons (Fsp3) is 0.571. The van der Waals surface area contributed by atoms with Crippen molar-refractivity contribution in [1.29, 1.82) is 0 Å². The fourth-order valence-corrected chi connectivity index (χ4v) is 2.38. The van der Waals surface area contributed by atoms with Gasteiger partial charge in [0.15, 0.2) is 0 Å². The Morgan fingerprint density at radius 2 is 2.17 bits per heavy atom. The van der Waals surface area contributed by atoms with Crippen molar-refractivity contribution in [2.24, 2.45) is 0 Å². The van der Waals surface area contributed by atoms with Gasteiger partial charge in [0, 0.05) is 38.3 Å². The number of nitrogens with zero attached hydrogens (tertiary/aromatic N) is 2. The highest BCUT2D eigenvalue weighted by atomic mass is 16.2. The maximum atomic E-state index is 12.1. The number of aromatic nitrogens is 1. The summed E-state index contributed by atoms with van der Waals surface area (Å²) in [4.78, 5) is 18.3. The Bertz CT molecular complexity index is 406. The average Bonchev–Trinajstić information content (AvgIpc) is 2.39. The van der Waals surface area contributed by atoms with Crippen molar-refractivity contribution < 1.29 is 4.79 Å². The molecule has 0 saturated carbocycles. The molecule has 2 heterocycles. The molecule has 0 unspecified atom stereocenters. The first-order valence-electron chi connectivity index (χ1n) is 6.70. The van der Waals surface area contributed by atoms with Crippen molar-refractivity contribution in [3.63, 3.8) is 0 Å². The van der Waals surface area contributed by atoms with Crippen LogP contribution < -0.4 is 5.32 Å². The Morgan fingerprint density at radius 1 is 1.33 bits per heavy atom. The molecule has 0 aromatic carbocycles. The highest BCUT2D eigenvalue weighted by molar-refractivity contribution is 5.76. The molecule has 4 heteroatoms. The molecule has 0 atom stereocenters. The number of amides is 1. The van der Waals surface area contributed by atoms with Gasteiger partial charge in [-0.05, 0) is 18.9 Å². The monoisotopic (exact) mass is 247 g/mol. The number of hydrogen-bond acceptors (Lipinski definition) is 3. The number of anilines is 1. The summed E-state index contributed by atoms with van der Waals surface area (Å²) in [7, 11) is 1.86. The lowest BCUT2D eigenvalue weighted by atomic mass is 10.1. The van der Waals surface area contributed by atoms with E-state index in [0.717, 1.165) is 30.8 Å². The molecule has 1 fully saturated rings. The molecule has 1 aromatic rings. The zero-order valence-corrected chi connectivity index (χ0v) is 11.0. The molecule has 1 N–H and O–H groups in total. The lowest BCUT2D eigenvalue weighted by molar-refractivity contribution is -0.132. The van der Waals surface area contributed by atoms with Crippen LogP contribution in [0.15, 0.2) is 18.3 Å². The van der Waals surface area contributed by atoms with E-state index >= 15 is 0 Å². The molecule has 0 aliphatic carbocycles. The van der Waals surface area contributed by atoms with Crippen LogP contribution in [0, 0.1) is 0 Å². The second-order valence-corrected chi connectivity index (χ2v) is 4.74. The number of nitrogens with one attached hydrogen (secondary N) is 1. The topological polar surface area (TPSA) is 45.2 Å². The summed E-state index contributed by atoms with van der Waals surface area (Å²) in [5.41, 5.74) is 1.09. The first-order valence-corrected chi connectivity index (χ1v) is 6.70. The van der Waals surface area contributed by atoms with Crippen molar-refractivity contribution in [2.45, 2.75) is 38.6 Å². The molecule has 18 heavy (non-hydrogen) atoms. The van der Waals surface area contributed by atoms with Crippen LogP contribution in [0.1, 0.15) is 37.7 Å². The molecular formula is C14H21N3O. The van der Waals surface area contributed by atoms with Gasteiger partial charge in [-0.15, -0.1) is 0 Å². The van der Waals surface area contributed by atoms with E-state index in [2.05, 4.69) is 10.3 Å². The summed E-state index contributed by atoms with van der Waals surface area (Å²) < 4.78 is 0. The van der Waals surface area contributed by atoms with Gasteiger partial charge in [0.1, 0.15) is 5.82 Å². The molecule has 1 amide bonds. The van der Waals surface area contributed by atoms with Gasteiger partial charge in [-0.3, -0.25) is 4.79 Å². The third-order valence-electron chi connectivity index (χ3n) is 3.41. The van der Waals surface area contributed by atoms with Crippen molar-refractivity contribution in [2.75, 3.05) is 18.9 Å². The Balaban J connectivity index is 2.08. The minimum Gasteiger partial charge on any atom is -0.373 e. The predicted octanol–water partition coefficient (Wildman–Crippen LogP) is 2.42. The van der Waals surface area contributed by atoms with E-state index in [0.29, 0.717) is 13.0 Å². The second-order valence-electron chi connectivity index (χ2n) is 4.74. The third kappa shape index (κ3) is 3.22. The minimum atomic E-state index is 0.278. The number of hydrogen-bond donors (Lipinski definition) is 1. The molecule has 98 valence electrons. The molecule has 1 aliphatic heterocycles. The predicted molar refractivity (Wildman–Crippen MR) is 72.3 cm³/mol. The Hall–Kier alpha value is -1.58. The van der Waals surface area contributed by atoms with Crippen LogP contribution in [-0.4, -0.2) is 29.4 Å². The van der Waals surface area contributed by atoms with E-state index in [1.165, 1.54) is 12.8 Å². The maximum absolute atomic E-state index is 12.1. The molecule has 1 saturated heterocycles. The third-order valence-corrected chi connectivity index (χ3v) is 3.41. The molecular weight excluding hydrogens is 226 g/mol. The van der Waals surface area contributed by atoms with Crippen molar-refractivity contribution in [3.05, 3.63) is 23.9 Å². The van der Waals surface area contributed by atoms with Crippen LogP contribution in [-0.2, 0) is 11.3 Å². The van der Waals surface area contributed by atoms with Crippen molar-refractivity contribution in [1.82, 2.24) is 9.88 Å². The summed E-state index contributed by atoms with van der Waals surface area (Å²) in [6.07, 6.45) is 7.02. The van der Waals surface area contributed by atoms with E-state index in [9.17, 15) is 4.79 Å². The number of likely N-dealkylation sites (tertiary alicyclic amines) is 1. The Kier molecular flexibility index (Phi) is 4.56. The molecule has 1 aromatic heterocycles. The summed E-state index contributed by atoms with van der Waals surface area (Å²) in [5, 5.41) is 3.08. The SMILES string of the molecule is CNc1ncccc1CN1CCCCCCC1=O. The first-order chi connectivity index (χ1) is 8.81. The average molecular weight is 247 g/mol. The van der Waals surface area contributed by atoms with Crippen LogP contribution in [0.3, 0.4) is 0 Å². The van der Waals surface area contributed by atoms with E-state index in [4.69, 9.17) is 0 Å². The maximum Gasteiger partial charge on any atom is 0.222 e. The zero-order chi connectivity index (χ0) is 12.8. The van der Waals surface area contributed by atoms with Gasteiger partial charge in [0.05, 0.1) is 0 Å². The van der Waals surface area contributed by atoms with Crippen molar-refractivity contribution in [3.8, 4) is 0 Å². The van der Waals surface area contributed by atoms with Crippen molar-refractivity contribution >= 4 is 11.7 Å². The largest absolute Gasteiger partial charge is 0.373 e. The molecule has 0 radical (unpaired) electrons. The van der Waals surface area contributed by atoms with Crippen LogP contribution in [0.2, 0.25) is 0 Å². The minimum absolute atomic E-state index is 0.278. The summed E-state index contributed by atoms with van der Waals surface area (Å²) in [5.74, 6) is 1.15. The van der Waals surface area contributed by atoms with Gasteiger partial charge in [0.2, 0.25) is 5.91 Å². The van der Waals surface area contributed by atoms with Gasteiger partial charge < -0.3 is 10.2 Å². The first kappa shape index (κ1) is 12.9. The molecule has 0 spiro atoms. The number of rotatable bonds is 3. The molecule has 1 aliphatic rings. The highest BCUT2D eigenvalue weighted by Crippen LogP contribution is 2.17. The lowest BCUT2D eigenvalue weighted by Gasteiger charge is -2.25. The van der Waals surface area contributed by atoms with Gasteiger partial charge in [-0.25, -0.2) is 4.98 Å². The smallest absolute Gasteiger partial charge is 0.222 e. The number of carbonyl (C=O) groups excluding carboxylic acids is 1. The van der Waals surface area contributed by atoms with E-state index < -0.39 is 0 Å². The number of pyridine rings is 1. The lowest BCUT2D eigenvalue weighted by Crippen LogP contribution is -2.32. The Morgan fingerprint density at radius 3 is 3.00 bits per heavy atom. The van der Waals surface area contributed by atoms with E-state index in [1.807, 2.05) is 24.1 Å². The summed E-state index contributed by atoms with van der Waals surface area (Å²) >= 11 is 0. The van der Waals surface area contributed by atoms with Crippen LogP contribution in [0.4, 0.5) is 5.82 Å². The fourth-order valence-electron chi connectivity index (χ4n) is 2.38. The summed E-state index contributed by atoms with van der Waals surface area (Å²) in [6.45, 7) is 1.54. The summed E-state index contributed by atoms with van der Waals surface area (Å²) in [6, 6.07) is 3.95. The molecule has 2 rings (SSSR count). The van der Waals surface area contributed by atoms with Crippen LogP contribution in [0.25, 0.3) is 0 Å². The number of carbonyl (C=O) groups is 1. The quantitative estimate of drug-likeness (QED) is 0.892. The van der Waals surface area contributed by atoms with Gasteiger partial charge >= 0.3 is 0 Å². The van der Waals surface area contributed by atoms with E-state index in [1.54, 1.807) is 6.20 Å². The van der Waals surface area contributed by atoms with Crippen LogP contribution in [0.5, 0.6) is 0 Å². The highest BCUT2D eigenvalue weighted by Gasteiger charge is 2.16. The Labute approximate surface area is 108 Å². The van der Waals surface area contributed by atoms with Gasteiger partial charge in [-0.2, -0.15) is 0 Å². The standard InChI is InChI=1S/C14H21N3O/c1-15-14-12(7-6-9-16-14)11-17-10-5-3-2-4-8-13(17)18/h6-7,9H,2-5,8,10-11H2,1H3,(H,15,16). The second kappa shape index (κ2) is 6.38. The van der Waals surface area contributed by atoms with Gasteiger partial charge in [0.25, 0.3) is 0 Å². The zero-order valence-electron chi connectivity index (χ0n) is 11.0. The van der Waals surface area contributed by atoms with Crippen LogP contribution >= 0.6 is 0 Å². The van der Waals surface area contributed by atoms with E-state index in [-0.39, 0.29) is 5.91 Å². The van der Waals surface area contributed by atoms with Gasteiger partial charge in [-0.1, -0.05) is 18.9 Å². The molecule has 4 nitrogen and oxygen atoms in total. The normalized spacial score (nSPS) is 17.2.